The van der Waals surface area contributed by atoms with Crippen molar-refractivity contribution in [2.24, 2.45) is 0 Å². The first-order chi connectivity index (χ1) is 13.3. The number of quaternary nitrogens is 1. The van der Waals surface area contributed by atoms with Crippen molar-refractivity contribution in [3.05, 3.63) is 59.8 Å². The first-order valence-corrected chi connectivity index (χ1v) is 9.46. The van der Waals surface area contributed by atoms with Gasteiger partial charge in [0.15, 0.2) is 5.69 Å². The molecule has 4 rings (SSSR count). The minimum absolute atomic E-state index is 0.135. The van der Waals surface area contributed by atoms with Crippen LogP contribution in [0.25, 0.3) is 10.9 Å². The molecule has 3 N–H and O–H groups in total. The van der Waals surface area contributed by atoms with Crippen molar-refractivity contribution in [3.63, 3.8) is 0 Å². The van der Waals surface area contributed by atoms with E-state index in [1.54, 1.807) is 7.11 Å². The van der Waals surface area contributed by atoms with E-state index in [4.69, 9.17) is 4.74 Å². The molecule has 1 aliphatic rings. The second kappa shape index (κ2) is 7.80. The first-order valence-electron chi connectivity index (χ1n) is 9.46. The van der Waals surface area contributed by atoms with Crippen molar-refractivity contribution in [1.82, 2.24) is 15.5 Å². The molecule has 2 aromatic carbocycles. The Morgan fingerprint density at radius 3 is 2.67 bits per heavy atom. The Hall–Kier alpha value is -2.86. The third-order valence-corrected chi connectivity index (χ3v) is 5.41. The number of nitrogens with one attached hydrogen (secondary N) is 3. The standard InChI is InChI=1S/C21H24N4O2/c1-27-16-10-8-15(9-11-16)19(25-12-4-5-13-25)14-22-21(26)20-17-6-2-3-7-18(17)23-24-20/h2-3,6-11,19H,4-5,12-14H2,1H3,(H,22,26)(H,23,24)/p+1/t19-/m0/s1. The van der Waals surface area contributed by atoms with Gasteiger partial charge in [-0.1, -0.05) is 18.2 Å². The van der Waals surface area contributed by atoms with Crippen LogP contribution in [0.3, 0.4) is 0 Å². The summed E-state index contributed by atoms with van der Waals surface area (Å²) in [5.41, 5.74) is 2.55. The molecule has 0 spiro atoms. The lowest BCUT2D eigenvalue weighted by molar-refractivity contribution is -0.918. The van der Waals surface area contributed by atoms with Gasteiger partial charge in [0.1, 0.15) is 11.8 Å². The highest BCUT2D eigenvalue weighted by Gasteiger charge is 2.28. The second-order valence-corrected chi connectivity index (χ2v) is 7.02. The van der Waals surface area contributed by atoms with Gasteiger partial charge in [-0.3, -0.25) is 9.89 Å². The molecule has 1 amide bonds. The van der Waals surface area contributed by atoms with Crippen molar-refractivity contribution >= 4 is 16.8 Å². The van der Waals surface area contributed by atoms with Crippen LogP contribution in [0.5, 0.6) is 5.75 Å². The number of H-pyrrole nitrogens is 1. The zero-order valence-corrected chi connectivity index (χ0v) is 15.5. The minimum Gasteiger partial charge on any atom is -0.497 e. The molecule has 6 nitrogen and oxygen atoms in total. The van der Waals surface area contributed by atoms with E-state index in [1.807, 2.05) is 36.4 Å². The molecular formula is C21H25N4O2+. The highest BCUT2D eigenvalue weighted by molar-refractivity contribution is 6.04. The molecule has 1 saturated heterocycles. The molecule has 1 aromatic heterocycles. The Kier molecular flexibility index (Phi) is 5.07. The van der Waals surface area contributed by atoms with Crippen LogP contribution in [0.1, 0.15) is 34.9 Å². The fourth-order valence-electron chi connectivity index (χ4n) is 3.93. The molecule has 1 aliphatic heterocycles. The summed E-state index contributed by atoms with van der Waals surface area (Å²) in [6.07, 6.45) is 2.47. The fourth-order valence-corrected chi connectivity index (χ4v) is 3.93. The zero-order chi connectivity index (χ0) is 18.6. The molecule has 140 valence electrons. The van der Waals surface area contributed by atoms with Gasteiger partial charge in [0.2, 0.25) is 0 Å². The van der Waals surface area contributed by atoms with Crippen LogP contribution >= 0.6 is 0 Å². The van der Waals surface area contributed by atoms with Crippen molar-refractivity contribution in [2.45, 2.75) is 18.9 Å². The van der Waals surface area contributed by atoms with E-state index < -0.39 is 0 Å². The van der Waals surface area contributed by atoms with Gasteiger partial charge in [0.25, 0.3) is 5.91 Å². The highest BCUT2D eigenvalue weighted by Crippen LogP contribution is 2.18. The topological polar surface area (TPSA) is 71.4 Å². The van der Waals surface area contributed by atoms with E-state index in [9.17, 15) is 4.79 Å². The summed E-state index contributed by atoms with van der Waals surface area (Å²) in [5.74, 6) is 0.713. The maximum atomic E-state index is 12.7. The zero-order valence-electron chi connectivity index (χ0n) is 15.5. The number of aromatic nitrogens is 2. The number of methoxy groups -OCH3 is 1. The van der Waals surface area contributed by atoms with E-state index in [0.717, 1.165) is 29.7 Å². The molecule has 0 saturated carbocycles. The molecule has 2 heterocycles. The molecular weight excluding hydrogens is 340 g/mol. The lowest BCUT2D eigenvalue weighted by Gasteiger charge is -2.25. The number of carbonyl (C=O) groups is 1. The maximum Gasteiger partial charge on any atom is 0.272 e. The Balaban J connectivity index is 1.51. The number of ether oxygens (including phenoxy) is 1. The van der Waals surface area contributed by atoms with E-state index in [-0.39, 0.29) is 11.9 Å². The molecule has 0 bridgehead atoms. The summed E-state index contributed by atoms with van der Waals surface area (Å²) in [5, 5.41) is 11.1. The number of carbonyl (C=O) groups excluding carboxylic acids is 1. The Morgan fingerprint density at radius 2 is 1.93 bits per heavy atom. The predicted molar refractivity (Wildman–Crippen MR) is 104 cm³/mol. The molecule has 3 aromatic rings. The van der Waals surface area contributed by atoms with Crippen molar-refractivity contribution < 1.29 is 14.4 Å². The fraction of sp³-hybridized carbons (Fsp3) is 0.333. The van der Waals surface area contributed by atoms with E-state index in [2.05, 4.69) is 27.6 Å². The van der Waals surface area contributed by atoms with Gasteiger partial charge in [0, 0.05) is 23.8 Å². The number of aromatic amines is 1. The van der Waals surface area contributed by atoms with Gasteiger partial charge in [-0.05, 0) is 30.3 Å². The number of hydrogen-bond donors (Lipinski definition) is 3. The smallest absolute Gasteiger partial charge is 0.272 e. The monoisotopic (exact) mass is 365 g/mol. The third kappa shape index (κ3) is 3.66. The van der Waals surface area contributed by atoms with Gasteiger partial charge < -0.3 is 15.0 Å². The first kappa shape index (κ1) is 17.5. The molecule has 0 unspecified atom stereocenters. The number of para-hydroxylation sites is 1. The van der Waals surface area contributed by atoms with Crippen LogP contribution in [0.15, 0.2) is 48.5 Å². The average Bonchev–Trinajstić information content (AvgIpc) is 3.38. The Labute approximate surface area is 158 Å². The summed E-state index contributed by atoms with van der Waals surface area (Å²) in [6, 6.07) is 16.1. The van der Waals surface area contributed by atoms with Gasteiger partial charge in [-0.25, -0.2) is 0 Å². The van der Waals surface area contributed by atoms with Gasteiger partial charge in [-0.15, -0.1) is 0 Å². The van der Waals surface area contributed by atoms with Crippen LogP contribution in [-0.4, -0.2) is 42.8 Å². The largest absolute Gasteiger partial charge is 0.497 e. The summed E-state index contributed by atoms with van der Waals surface area (Å²) >= 11 is 0. The highest BCUT2D eigenvalue weighted by atomic mass is 16.5. The molecule has 27 heavy (non-hydrogen) atoms. The number of likely N-dealkylation sites (tertiary alicyclic amines) is 1. The predicted octanol–water partition coefficient (Wildman–Crippen LogP) is 1.72. The van der Waals surface area contributed by atoms with Crippen LogP contribution < -0.4 is 15.0 Å². The summed E-state index contributed by atoms with van der Waals surface area (Å²) in [7, 11) is 1.67. The normalized spacial score (nSPS) is 15.7. The van der Waals surface area contributed by atoms with Gasteiger partial charge in [-0.2, -0.15) is 5.10 Å². The number of nitrogens with zero attached hydrogens (tertiary/aromatic N) is 1. The van der Waals surface area contributed by atoms with Gasteiger partial charge in [0.05, 0.1) is 32.3 Å². The summed E-state index contributed by atoms with van der Waals surface area (Å²) in [4.78, 5) is 14.3. The molecule has 6 heteroatoms. The lowest BCUT2D eigenvalue weighted by Crippen LogP contribution is -3.11. The van der Waals surface area contributed by atoms with Crippen molar-refractivity contribution in [2.75, 3.05) is 26.7 Å². The van der Waals surface area contributed by atoms with Gasteiger partial charge >= 0.3 is 0 Å². The SMILES string of the molecule is COc1ccc([C@H](CNC(=O)c2n[nH]c3ccccc23)[NH+]2CCCC2)cc1. The van der Waals surface area contributed by atoms with E-state index >= 15 is 0 Å². The molecule has 1 fully saturated rings. The molecule has 0 radical (unpaired) electrons. The summed E-state index contributed by atoms with van der Waals surface area (Å²) < 4.78 is 5.27. The summed E-state index contributed by atoms with van der Waals surface area (Å²) in [6.45, 7) is 2.86. The van der Waals surface area contributed by atoms with Crippen LogP contribution in [0.2, 0.25) is 0 Å². The minimum atomic E-state index is -0.135. The number of hydrogen-bond acceptors (Lipinski definition) is 3. The average molecular weight is 365 g/mol. The van der Waals surface area contributed by atoms with Crippen LogP contribution in [0.4, 0.5) is 0 Å². The quantitative estimate of drug-likeness (QED) is 0.623. The van der Waals surface area contributed by atoms with Crippen LogP contribution in [-0.2, 0) is 0 Å². The Morgan fingerprint density at radius 1 is 1.19 bits per heavy atom. The number of amides is 1. The number of benzene rings is 2. The maximum absolute atomic E-state index is 12.7. The van der Waals surface area contributed by atoms with Crippen LogP contribution in [0, 0.1) is 0 Å². The van der Waals surface area contributed by atoms with Crippen molar-refractivity contribution in [3.8, 4) is 5.75 Å². The Bertz CT molecular complexity index is 913. The van der Waals surface area contributed by atoms with Crippen molar-refractivity contribution in [1.29, 1.82) is 0 Å². The number of rotatable bonds is 6. The molecule has 1 atom stereocenters. The second-order valence-electron chi connectivity index (χ2n) is 7.02. The third-order valence-electron chi connectivity index (χ3n) is 5.41. The van der Waals surface area contributed by atoms with E-state index in [0.29, 0.717) is 12.2 Å². The van der Waals surface area contributed by atoms with E-state index in [1.165, 1.54) is 23.3 Å². The lowest BCUT2D eigenvalue weighted by atomic mass is 10.0. The molecule has 0 aliphatic carbocycles. The number of fused-ring (bicyclic) bond motifs is 1.